The number of aliphatic hydroxyl groups is 1. The number of nitrogens with zero attached hydrogens (tertiary/aromatic N) is 1. The van der Waals surface area contributed by atoms with Crippen molar-refractivity contribution >= 4 is 21.5 Å². The van der Waals surface area contributed by atoms with Crippen LogP contribution in [0.1, 0.15) is 19.3 Å². The number of nitrogens with one attached hydrogen (secondary N) is 1. The van der Waals surface area contributed by atoms with Gasteiger partial charge in [-0.1, -0.05) is 11.3 Å². The van der Waals surface area contributed by atoms with Crippen molar-refractivity contribution in [1.82, 2.24) is 4.98 Å². The molecule has 0 radical (unpaired) electrons. The van der Waals surface area contributed by atoms with Crippen LogP contribution in [0.4, 0.5) is 10.1 Å². The molecule has 1 heterocycles. The minimum Gasteiger partial charge on any atom is -0.396 e. The maximum Gasteiger partial charge on any atom is 0.184 e. The Morgan fingerprint density at radius 2 is 2.43 bits per heavy atom. The van der Waals surface area contributed by atoms with Crippen LogP contribution in [0.25, 0.3) is 0 Å². The highest BCUT2D eigenvalue weighted by molar-refractivity contribution is 7.19. The van der Waals surface area contributed by atoms with E-state index in [9.17, 15) is 0 Å². The minimum absolute atomic E-state index is 0.279. The quantitative estimate of drug-likeness (QED) is 0.689. The van der Waals surface area contributed by atoms with Crippen LogP contribution in [0.2, 0.25) is 0 Å². The number of nitrogen functional groups attached to an aromatic ring is 1. The number of hydrogen-bond donors (Lipinski definition) is 3. The number of aromatic nitrogens is 1. The molecule has 4 N–H and O–H groups in total. The van der Waals surface area contributed by atoms with Gasteiger partial charge in [-0.05, 0) is 24.7 Å². The highest BCUT2D eigenvalue weighted by Gasteiger charge is 2.41. The van der Waals surface area contributed by atoms with Gasteiger partial charge in [-0.3, -0.25) is 0 Å². The molecule has 1 saturated carbocycles. The highest BCUT2D eigenvalue weighted by Crippen LogP contribution is 2.48. The average Bonchev–Trinajstić information content (AvgIpc) is 2.80. The van der Waals surface area contributed by atoms with Crippen LogP contribution in [-0.2, 0) is 0 Å². The Hall–Kier alpha value is -0.810. The van der Waals surface area contributed by atoms with E-state index < -0.39 is 0 Å². The van der Waals surface area contributed by atoms with E-state index in [-0.39, 0.29) is 6.61 Å². The van der Waals surface area contributed by atoms with E-state index in [1.807, 2.05) is 0 Å². The van der Waals surface area contributed by atoms with E-state index in [1.54, 1.807) is 6.20 Å². The molecule has 0 amide bonds. The lowest BCUT2D eigenvalue weighted by Gasteiger charge is -2.13. The summed E-state index contributed by atoms with van der Waals surface area (Å²) < 4.78 is 0. The Balaban J connectivity index is 1.82. The summed E-state index contributed by atoms with van der Waals surface area (Å²) in [6.45, 7) is 1.18. The molecule has 0 aromatic carbocycles. The molecule has 0 saturated heterocycles. The second kappa shape index (κ2) is 3.74. The number of anilines is 2. The zero-order chi connectivity index (χ0) is 10.0. The van der Waals surface area contributed by atoms with Crippen molar-refractivity contribution < 1.29 is 5.11 Å². The summed E-state index contributed by atoms with van der Waals surface area (Å²) in [6.07, 6.45) is 4.97. The van der Waals surface area contributed by atoms with Crippen LogP contribution in [0.5, 0.6) is 0 Å². The van der Waals surface area contributed by atoms with Crippen LogP contribution >= 0.6 is 11.3 Å². The summed E-state index contributed by atoms with van der Waals surface area (Å²) in [5, 5.41) is 13.8. The topological polar surface area (TPSA) is 71.2 Å². The van der Waals surface area contributed by atoms with Gasteiger partial charge in [-0.15, -0.1) is 0 Å². The van der Waals surface area contributed by atoms with Gasteiger partial charge in [0, 0.05) is 13.2 Å². The van der Waals surface area contributed by atoms with Crippen molar-refractivity contribution in [2.24, 2.45) is 5.41 Å². The van der Waals surface area contributed by atoms with Gasteiger partial charge in [-0.25, -0.2) is 4.98 Å². The summed E-state index contributed by atoms with van der Waals surface area (Å²) in [5.74, 6) is 0. The molecule has 78 valence electrons. The smallest absolute Gasteiger partial charge is 0.184 e. The molecule has 1 aliphatic rings. The lowest BCUT2D eigenvalue weighted by atomic mass is 10.0. The maximum absolute atomic E-state index is 8.88. The predicted molar refractivity (Wildman–Crippen MR) is 58.4 cm³/mol. The highest BCUT2D eigenvalue weighted by atomic mass is 32.1. The largest absolute Gasteiger partial charge is 0.396 e. The molecule has 1 aliphatic carbocycles. The van der Waals surface area contributed by atoms with Crippen molar-refractivity contribution in [2.75, 3.05) is 24.2 Å². The van der Waals surface area contributed by atoms with Crippen molar-refractivity contribution in [3.63, 3.8) is 0 Å². The summed E-state index contributed by atoms with van der Waals surface area (Å²) in [7, 11) is 0. The summed E-state index contributed by atoms with van der Waals surface area (Å²) >= 11 is 1.47. The first-order valence-electron chi connectivity index (χ1n) is 4.80. The Morgan fingerprint density at radius 3 is 2.93 bits per heavy atom. The van der Waals surface area contributed by atoms with Crippen molar-refractivity contribution in [2.45, 2.75) is 19.3 Å². The van der Waals surface area contributed by atoms with Crippen molar-refractivity contribution in [3.8, 4) is 0 Å². The van der Waals surface area contributed by atoms with E-state index in [0.29, 0.717) is 5.41 Å². The van der Waals surface area contributed by atoms with Gasteiger partial charge < -0.3 is 16.2 Å². The normalized spacial score (nSPS) is 18.1. The summed E-state index contributed by atoms with van der Waals surface area (Å²) in [5.41, 5.74) is 5.90. The molecular formula is C9H15N3OS. The third kappa shape index (κ3) is 2.16. The van der Waals surface area contributed by atoms with E-state index in [0.717, 1.165) is 23.1 Å². The molecule has 0 spiro atoms. The van der Waals surface area contributed by atoms with Gasteiger partial charge in [-0.2, -0.15) is 0 Å². The van der Waals surface area contributed by atoms with E-state index >= 15 is 0 Å². The van der Waals surface area contributed by atoms with Crippen molar-refractivity contribution in [1.29, 1.82) is 0 Å². The molecule has 2 rings (SSSR count). The number of rotatable bonds is 5. The Kier molecular flexibility index (Phi) is 2.60. The first-order chi connectivity index (χ1) is 6.74. The number of aliphatic hydroxyl groups excluding tert-OH is 1. The SMILES string of the molecule is Nc1cnc(NCC2(CCO)CC2)s1. The maximum atomic E-state index is 8.88. The second-order valence-corrected chi connectivity index (χ2v) is 4.96. The van der Waals surface area contributed by atoms with Crippen LogP contribution in [0, 0.1) is 5.41 Å². The third-order valence-corrected chi connectivity index (χ3v) is 3.52. The number of hydrogen-bond acceptors (Lipinski definition) is 5. The molecule has 0 atom stereocenters. The summed E-state index contributed by atoms with van der Waals surface area (Å²) in [6, 6.07) is 0. The van der Waals surface area contributed by atoms with E-state index in [2.05, 4.69) is 10.3 Å². The first-order valence-corrected chi connectivity index (χ1v) is 5.62. The molecule has 1 aromatic rings. The molecule has 5 heteroatoms. The fourth-order valence-electron chi connectivity index (χ4n) is 1.56. The lowest BCUT2D eigenvalue weighted by Crippen LogP contribution is -2.16. The van der Waals surface area contributed by atoms with Crippen molar-refractivity contribution in [3.05, 3.63) is 6.20 Å². The van der Waals surface area contributed by atoms with Gasteiger partial charge >= 0.3 is 0 Å². The molecule has 0 aliphatic heterocycles. The zero-order valence-corrected chi connectivity index (χ0v) is 8.81. The van der Waals surface area contributed by atoms with Gasteiger partial charge in [0.15, 0.2) is 5.13 Å². The average molecular weight is 213 g/mol. The number of thiazole rings is 1. The fraction of sp³-hybridized carbons (Fsp3) is 0.667. The molecule has 14 heavy (non-hydrogen) atoms. The first kappa shape index (κ1) is 9.73. The Labute approximate surface area is 87.2 Å². The van der Waals surface area contributed by atoms with Crippen LogP contribution in [0.3, 0.4) is 0 Å². The van der Waals surface area contributed by atoms with E-state index in [1.165, 1.54) is 24.2 Å². The molecule has 0 unspecified atom stereocenters. The minimum atomic E-state index is 0.279. The van der Waals surface area contributed by atoms with Crippen LogP contribution in [-0.4, -0.2) is 23.2 Å². The van der Waals surface area contributed by atoms with Crippen LogP contribution < -0.4 is 11.1 Å². The Bertz CT molecular complexity index is 309. The van der Waals surface area contributed by atoms with Gasteiger partial charge in [0.1, 0.15) is 5.00 Å². The molecule has 1 fully saturated rings. The van der Waals surface area contributed by atoms with Gasteiger partial charge in [0.25, 0.3) is 0 Å². The lowest BCUT2D eigenvalue weighted by molar-refractivity contribution is 0.253. The van der Waals surface area contributed by atoms with E-state index in [4.69, 9.17) is 10.8 Å². The summed E-state index contributed by atoms with van der Waals surface area (Å²) in [4.78, 5) is 4.13. The van der Waals surface area contributed by atoms with Gasteiger partial charge in [0.05, 0.1) is 6.20 Å². The fourth-order valence-corrected chi connectivity index (χ4v) is 2.14. The van der Waals surface area contributed by atoms with Crippen LogP contribution in [0.15, 0.2) is 6.20 Å². The molecule has 0 bridgehead atoms. The predicted octanol–water partition coefficient (Wildman–Crippen LogP) is 1.30. The molecular weight excluding hydrogens is 198 g/mol. The Morgan fingerprint density at radius 1 is 1.64 bits per heavy atom. The number of nitrogens with two attached hydrogens (primary N) is 1. The standard InChI is InChI=1S/C9H15N3OS/c10-7-5-11-8(14-7)12-6-9(1-2-9)3-4-13/h5,13H,1-4,6,10H2,(H,11,12). The third-order valence-electron chi connectivity index (χ3n) is 2.74. The zero-order valence-electron chi connectivity index (χ0n) is 7.99. The monoisotopic (exact) mass is 213 g/mol. The molecule has 4 nitrogen and oxygen atoms in total. The van der Waals surface area contributed by atoms with Gasteiger partial charge in [0.2, 0.25) is 0 Å². The molecule has 1 aromatic heterocycles. The second-order valence-electron chi connectivity index (χ2n) is 3.89.